The monoisotopic (exact) mass is 263 g/mol. The summed E-state index contributed by atoms with van der Waals surface area (Å²) in [6.45, 7) is 0. The average Bonchev–Trinajstić information content (AvgIpc) is 2.40. The second-order valence-electron chi connectivity index (χ2n) is 3.39. The Balaban J connectivity index is 2.15. The van der Waals surface area contributed by atoms with Gasteiger partial charge in [0.25, 0.3) is 5.91 Å². The number of anilines is 1. The molecular weight excluding hydrogens is 254 g/mol. The molecule has 0 aliphatic rings. The van der Waals surface area contributed by atoms with Crippen molar-refractivity contribution in [3.8, 4) is 5.75 Å². The van der Waals surface area contributed by atoms with Gasteiger partial charge in [-0.2, -0.15) is 0 Å². The Morgan fingerprint density at radius 3 is 2.83 bits per heavy atom. The van der Waals surface area contributed by atoms with Gasteiger partial charge >= 0.3 is 0 Å². The maximum atomic E-state index is 11.8. The number of carbonyl (C=O) groups is 1. The largest absolute Gasteiger partial charge is 0.495 e. The molecule has 2 rings (SSSR count). The molecule has 1 N–H and O–H groups in total. The standard InChI is InChI=1S/C12H10ClN3O2/c1-18-11-3-2-8(6-9(11)13)16-12(17)10-7-14-4-5-15-10/h2-7H,1H3,(H,16,17). The van der Waals surface area contributed by atoms with Crippen LogP contribution in [0.4, 0.5) is 5.69 Å². The molecular formula is C12H10ClN3O2. The quantitative estimate of drug-likeness (QED) is 0.923. The van der Waals surface area contributed by atoms with Crippen LogP contribution in [0.5, 0.6) is 5.75 Å². The molecule has 5 nitrogen and oxygen atoms in total. The Bertz CT molecular complexity index is 561. The van der Waals surface area contributed by atoms with Crippen LogP contribution in [0.1, 0.15) is 10.5 Å². The number of aromatic nitrogens is 2. The second kappa shape index (κ2) is 5.46. The first kappa shape index (κ1) is 12.3. The number of nitrogens with zero attached hydrogens (tertiary/aromatic N) is 2. The summed E-state index contributed by atoms with van der Waals surface area (Å²) in [7, 11) is 1.53. The van der Waals surface area contributed by atoms with E-state index in [0.29, 0.717) is 16.5 Å². The maximum absolute atomic E-state index is 11.8. The van der Waals surface area contributed by atoms with E-state index in [1.807, 2.05) is 0 Å². The summed E-state index contributed by atoms with van der Waals surface area (Å²) in [4.78, 5) is 19.5. The highest BCUT2D eigenvalue weighted by Gasteiger charge is 2.08. The van der Waals surface area contributed by atoms with Crippen LogP contribution in [0.3, 0.4) is 0 Å². The third-order valence-corrected chi connectivity index (χ3v) is 2.50. The fraction of sp³-hybridized carbons (Fsp3) is 0.0833. The number of halogens is 1. The first-order chi connectivity index (χ1) is 8.70. The fourth-order valence-electron chi connectivity index (χ4n) is 1.36. The lowest BCUT2D eigenvalue weighted by Gasteiger charge is -2.07. The van der Waals surface area contributed by atoms with Crippen molar-refractivity contribution in [2.24, 2.45) is 0 Å². The number of nitrogens with one attached hydrogen (secondary N) is 1. The molecule has 0 aliphatic carbocycles. The molecule has 2 aromatic rings. The molecule has 0 saturated carbocycles. The zero-order chi connectivity index (χ0) is 13.0. The lowest BCUT2D eigenvalue weighted by molar-refractivity contribution is 0.102. The lowest BCUT2D eigenvalue weighted by Crippen LogP contribution is -2.13. The van der Waals surface area contributed by atoms with Crippen molar-refractivity contribution in [2.75, 3.05) is 12.4 Å². The Morgan fingerprint density at radius 2 is 2.22 bits per heavy atom. The van der Waals surface area contributed by atoms with Crippen LogP contribution in [0.15, 0.2) is 36.8 Å². The molecule has 1 amide bonds. The van der Waals surface area contributed by atoms with Gasteiger partial charge in [-0.05, 0) is 18.2 Å². The van der Waals surface area contributed by atoms with Crippen LogP contribution in [-0.2, 0) is 0 Å². The molecule has 0 saturated heterocycles. The van der Waals surface area contributed by atoms with Gasteiger partial charge in [0, 0.05) is 18.1 Å². The molecule has 0 spiro atoms. The first-order valence-corrected chi connectivity index (χ1v) is 5.49. The van der Waals surface area contributed by atoms with E-state index in [-0.39, 0.29) is 11.6 Å². The predicted molar refractivity (Wildman–Crippen MR) is 68.0 cm³/mol. The first-order valence-electron chi connectivity index (χ1n) is 5.11. The fourth-order valence-corrected chi connectivity index (χ4v) is 1.61. The molecule has 18 heavy (non-hydrogen) atoms. The maximum Gasteiger partial charge on any atom is 0.275 e. The van der Waals surface area contributed by atoms with E-state index in [1.54, 1.807) is 18.2 Å². The van der Waals surface area contributed by atoms with Gasteiger partial charge in [0.1, 0.15) is 11.4 Å². The summed E-state index contributed by atoms with van der Waals surface area (Å²) >= 11 is 5.95. The van der Waals surface area contributed by atoms with Crippen molar-refractivity contribution in [3.05, 3.63) is 47.5 Å². The van der Waals surface area contributed by atoms with Crippen LogP contribution < -0.4 is 10.1 Å². The van der Waals surface area contributed by atoms with E-state index in [2.05, 4.69) is 15.3 Å². The molecule has 0 atom stereocenters. The summed E-state index contributed by atoms with van der Waals surface area (Å²) in [6, 6.07) is 4.97. The van der Waals surface area contributed by atoms with Gasteiger partial charge in [0.15, 0.2) is 0 Å². The summed E-state index contributed by atoms with van der Waals surface area (Å²) in [5.41, 5.74) is 0.806. The van der Waals surface area contributed by atoms with Gasteiger partial charge in [-0.15, -0.1) is 0 Å². The number of hydrogen-bond donors (Lipinski definition) is 1. The third kappa shape index (κ3) is 2.75. The number of rotatable bonds is 3. The van der Waals surface area contributed by atoms with Crippen LogP contribution >= 0.6 is 11.6 Å². The van der Waals surface area contributed by atoms with Crippen LogP contribution in [0.2, 0.25) is 5.02 Å². The van der Waals surface area contributed by atoms with Crippen molar-refractivity contribution in [2.45, 2.75) is 0 Å². The summed E-state index contributed by atoms with van der Waals surface area (Å²) in [5.74, 6) is 0.207. The zero-order valence-corrected chi connectivity index (χ0v) is 10.3. The molecule has 1 aromatic heterocycles. The third-order valence-electron chi connectivity index (χ3n) is 2.21. The van der Waals surface area contributed by atoms with E-state index in [9.17, 15) is 4.79 Å². The zero-order valence-electron chi connectivity index (χ0n) is 9.55. The average molecular weight is 264 g/mol. The van der Waals surface area contributed by atoms with E-state index in [0.717, 1.165) is 0 Å². The van der Waals surface area contributed by atoms with Gasteiger partial charge in [-0.1, -0.05) is 11.6 Å². The van der Waals surface area contributed by atoms with Gasteiger partial charge < -0.3 is 10.1 Å². The van der Waals surface area contributed by atoms with Crippen molar-refractivity contribution >= 4 is 23.2 Å². The van der Waals surface area contributed by atoms with Crippen LogP contribution in [0.25, 0.3) is 0 Å². The number of amides is 1. The van der Waals surface area contributed by atoms with Gasteiger partial charge in [0.2, 0.25) is 0 Å². The van der Waals surface area contributed by atoms with Crippen molar-refractivity contribution in [1.29, 1.82) is 0 Å². The normalized spacial score (nSPS) is 9.89. The summed E-state index contributed by atoms with van der Waals surface area (Å²) < 4.78 is 5.02. The second-order valence-corrected chi connectivity index (χ2v) is 3.80. The topological polar surface area (TPSA) is 64.1 Å². The molecule has 6 heteroatoms. The van der Waals surface area contributed by atoms with Crippen molar-refractivity contribution in [1.82, 2.24) is 9.97 Å². The molecule has 1 heterocycles. The van der Waals surface area contributed by atoms with Gasteiger partial charge in [0.05, 0.1) is 18.3 Å². The Morgan fingerprint density at radius 1 is 1.39 bits per heavy atom. The molecule has 1 aromatic carbocycles. The number of ether oxygens (including phenoxy) is 1. The minimum absolute atomic E-state index is 0.240. The molecule has 92 valence electrons. The highest BCUT2D eigenvalue weighted by Crippen LogP contribution is 2.27. The molecule has 0 unspecified atom stereocenters. The van der Waals surface area contributed by atoms with E-state index >= 15 is 0 Å². The molecule has 0 aliphatic heterocycles. The molecule has 0 fully saturated rings. The number of carbonyl (C=O) groups excluding carboxylic acids is 1. The minimum atomic E-state index is -0.343. The number of benzene rings is 1. The summed E-state index contributed by atoms with van der Waals surface area (Å²) in [6.07, 6.45) is 4.34. The predicted octanol–water partition coefficient (Wildman–Crippen LogP) is 2.39. The summed E-state index contributed by atoms with van der Waals surface area (Å²) in [5, 5.41) is 3.09. The Kier molecular flexibility index (Phi) is 3.74. The van der Waals surface area contributed by atoms with Crippen LogP contribution in [-0.4, -0.2) is 23.0 Å². The Labute approximate surface area is 109 Å². The Hall–Kier alpha value is -2.14. The smallest absolute Gasteiger partial charge is 0.275 e. The van der Waals surface area contributed by atoms with E-state index in [4.69, 9.17) is 16.3 Å². The number of methoxy groups -OCH3 is 1. The minimum Gasteiger partial charge on any atom is -0.495 e. The van der Waals surface area contributed by atoms with Crippen molar-refractivity contribution in [3.63, 3.8) is 0 Å². The van der Waals surface area contributed by atoms with Crippen LogP contribution in [0, 0.1) is 0 Å². The molecule has 0 bridgehead atoms. The highest BCUT2D eigenvalue weighted by molar-refractivity contribution is 6.32. The van der Waals surface area contributed by atoms with Gasteiger partial charge in [-0.25, -0.2) is 4.98 Å². The SMILES string of the molecule is COc1ccc(NC(=O)c2cnccn2)cc1Cl. The van der Waals surface area contributed by atoms with E-state index < -0.39 is 0 Å². The molecule has 0 radical (unpaired) electrons. The lowest BCUT2D eigenvalue weighted by atomic mass is 10.3. The van der Waals surface area contributed by atoms with Crippen molar-refractivity contribution < 1.29 is 9.53 Å². The van der Waals surface area contributed by atoms with Gasteiger partial charge in [-0.3, -0.25) is 9.78 Å². The van der Waals surface area contributed by atoms with E-state index in [1.165, 1.54) is 25.7 Å². The highest BCUT2D eigenvalue weighted by atomic mass is 35.5. The number of hydrogen-bond acceptors (Lipinski definition) is 4.